The summed E-state index contributed by atoms with van der Waals surface area (Å²) in [6.07, 6.45) is 0.554. The number of likely N-dealkylation sites (N-methyl/N-ethyl adjacent to an activating group) is 1. The molecule has 0 radical (unpaired) electrons. The van der Waals surface area contributed by atoms with E-state index in [1.54, 1.807) is 26.2 Å². The van der Waals surface area contributed by atoms with Gasteiger partial charge in [0.2, 0.25) is 0 Å². The molecule has 0 heterocycles. The molecule has 0 saturated heterocycles. The van der Waals surface area contributed by atoms with Gasteiger partial charge in [-0.2, -0.15) is 0 Å². The predicted molar refractivity (Wildman–Crippen MR) is 72.7 cm³/mol. The van der Waals surface area contributed by atoms with Crippen LogP contribution in [0.3, 0.4) is 0 Å². The molecule has 0 spiro atoms. The van der Waals surface area contributed by atoms with Crippen LogP contribution in [0.2, 0.25) is 0 Å². The van der Waals surface area contributed by atoms with Crippen LogP contribution in [0.4, 0.5) is 0 Å². The van der Waals surface area contributed by atoms with Crippen molar-refractivity contribution in [1.82, 2.24) is 4.90 Å². The second-order valence-electron chi connectivity index (χ2n) is 4.36. The number of hydrogen-bond donors (Lipinski definition) is 1. The molecule has 0 aromatic heterocycles. The molecule has 0 aliphatic carbocycles. The average molecular weight is 267 g/mol. The zero-order valence-corrected chi connectivity index (χ0v) is 11.8. The van der Waals surface area contributed by atoms with E-state index in [4.69, 9.17) is 14.6 Å². The van der Waals surface area contributed by atoms with Gasteiger partial charge in [0.25, 0.3) is 0 Å². The number of rotatable bonds is 7. The van der Waals surface area contributed by atoms with Gasteiger partial charge in [0.15, 0.2) is 0 Å². The van der Waals surface area contributed by atoms with Crippen LogP contribution in [-0.4, -0.2) is 43.3 Å². The molecule has 1 aromatic rings. The Labute approximate surface area is 113 Å². The minimum Gasteiger partial charge on any atom is -0.497 e. The van der Waals surface area contributed by atoms with Crippen LogP contribution in [0.5, 0.6) is 11.5 Å². The van der Waals surface area contributed by atoms with Gasteiger partial charge in [0.1, 0.15) is 17.5 Å². The second-order valence-corrected chi connectivity index (χ2v) is 4.36. The summed E-state index contributed by atoms with van der Waals surface area (Å²) < 4.78 is 10.5. The van der Waals surface area contributed by atoms with Gasteiger partial charge in [-0.3, -0.25) is 9.69 Å². The molecule has 0 fully saturated rings. The van der Waals surface area contributed by atoms with Crippen LogP contribution < -0.4 is 9.47 Å². The molecule has 5 heteroatoms. The molecule has 0 amide bonds. The van der Waals surface area contributed by atoms with Crippen molar-refractivity contribution in [3.05, 3.63) is 23.8 Å². The van der Waals surface area contributed by atoms with Gasteiger partial charge in [-0.15, -0.1) is 0 Å². The summed E-state index contributed by atoms with van der Waals surface area (Å²) in [5, 5.41) is 9.15. The maximum Gasteiger partial charge on any atom is 0.320 e. The fourth-order valence-electron chi connectivity index (χ4n) is 2.06. The zero-order chi connectivity index (χ0) is 14.4. The number of carbonyl (C=O) groups is 1. The SMILES string of the molecule is CCC(C(=O)O)N(C)Cc1cc(OC)ccc1OC. The lowest BCUT2D eigenvalue weighted by Crippen LogP contribution is -2.37. The highest BCUT2D eigenvalue weighted by Crippen LogP contribution is 2.25. The number of carboxylic acid groups (broad SMARTS) is 1. The first-order chi connectivity index (χ1) is 9.03. The van der Waals surface area contributed by atoms with Crippen LogP contribution in [-0.2, 0) is 11.3 Å². The van der Waals surface area contributed by atoms with E-state index in [1.165, 1.54) is 0 Å². The number of ether oxygens (including phenoxy) is 2. The Bertz CT molecular complexity index is 433. The van der Waals surface area contributed by atoms with E-state index in [1.807, 2.05) is 25.1 Å². The van der Waals surface area contributed by atoms with E-state index >= 15 is 0 Å². The van der Waals surface area contributed by atoms with Crippen molar-refractivity contribution in [2.75, 3.05) is 21.3 Å². The second kappa shape index (κ2) is 6.99. The lowest BCUT2D eigenvalue weighted by molar-refractivity contribution is -0.143. The van der Waals surface area contributed by atoms with Crippen molar-refractivity contribution in [1.29, 1.82) is 0 Å². The standard InChI is InChI=1S/C14H21NO4/c1-5-12(14(16)17)15(2)9-10-8-11(18-3)6-7-13(10)19-4/h6-8,12H,5,9H2,1-4H3,(H,16,17). The lowest BCUT2D eigenvalue weighted by atomic mass is 10.1. The van der Waals surface area contributed by atoms with Gasteiger partial charge >= 0.3 is 5.97 Å². The quantitative estimate of drug-likeness (QED) is 0.818. The van der Waals surface area contributed by atoms with E-state index in [0.29, 0.717) is 13.0 Å². The topological polar surface area (TPSA) is 59.0 Å². The highest BCUT2D eigenvalue weighted by atomic mass is 16.5. The van der Waals surface area contributed by atoms with Crippen LogP contribution in [0.1, 0.15) is 18.9 Å². The fraction of sp³-hybridized carbons (Fsp3) is 0.500. The molecule has 106 valence electrons. The molecule has 0 saturated carbocycles. The smallest absolute Gasteiger partial charge is 0.320 e. The minimum atomic E-state index is -0.813. The zero-order valence-electron chi connectivity index (χ0n) is 11.8. The van der Waals surface area contributed by atoms with Crippen molar-refractivity contribution in [3.63, 3.8) is 0 Å². The molecular weight excluding hydrogens is 246 g/mol. The van der Waals surface area contributed by atoms with Crippen molar-refractivity contribution in [2.24, 2.45) is 0 Å². The summed E-state index contributed by atoms with van der Waals surface area (Å²) in [7, 11) is 4.99. The Morgan fingerprint density at radius 2 is 2.05 bits per heavy atom. The van der Waals surface area contributed by atoms with E-state index in [0.717, 1.165) is 17.1 Å². The highest BCUT2D eigenvalue weighted by molar-refractivity contribution is 5.73. The molecule has 5 nitrogen and oxygen atoms in total. The van der Waals surface area contributed by atoms with Crippen molar-refractivity contribution < 1.29 is 19.4 Å². The maximum absolute atomic E-state index is 11.1. The van der Waals surface area contributed by atoms with Gasteiger partial charge in [-0.25, -0.2) is 0 Å². The van der Waals surface area contributed by atoms with Gasteiger partial charge < -0.3 is 14.6 Å². The normalized spacial score (nSPS) is 12.3. The monoisotopic (exact) mass is 267 g/mol. The number of carboxylic acids is 1. The minimum absolute atomic E-state index is 0.491. The van der Waals surface area contributed by atoms with Crippen LogP contribution in [0.25, 0.3) is 0 Å². The Hall–Kier alpha value is -1.75. The third-order valence-corrected chi connectivity index (χ3v) is 3.11. The van der Waals surface area contributed by atoms with Crippen molar-refractivity contribution in [3.8, 4) is 11.5 Å². The first kappa shape index (κ1) is 15.3. The first-order valence-corrected chi connectivity index (χ1v) is 6.17. The van der Waals surface area contributed by atoms with E-state index in [2.05, 4.69) is 0 Å². The first-order valence-electron chi connectivity index (χ1n) is 6.17. The molecule has 1 aromatic carbocycles. The van der Waals surface area contributed by atoms with E-state index < -0.39 is 12.0 Å². The summed E-state index contributed by atoms with van der Waals surface area (Å²) in [6, 6.07) is 5.00. The van der Waals surface area contributed by atoms with E-state index in [-0.39, 0.29) is 0 Å². The number of hydrogen-bond acceptors (Lipinski definition) is 4. The van der Waals surface area contributed by atoms with Crippen LogP contribution in [0.15, 0.2) is 18.2 Å². The lowest BCUT2D eigenvalue weighted by Gasteiger charge is -2.24. The van der Waals surface area contributed by atoms with Gasteiger partial charge in [0.05, 0.1) is 14.2 Å². The molecular formula is C14H21NO4. The Morgan fingerprint density at radius 1 is 1.37 bits per heavy atom. The van der Waals surface area contributed by atoms with Crippen molar-refractivity contribution in [2.45, 2.75) is 25.9 Å². The van der Waals surface area contributed by atoms with Gasteiger partial charge in [0, 0.05) is 12.1 Å². The highest BCUT2D eigenvalue weighted by Gasteiger charge is 2.21. The van der Waals surface area contributed by atoms with Crippen LogP contribution in [0, 0.1) is 0 Å². The summed E-state index contributed by atoms with van der Waals surface area (Å²) in [5.41, 5.74) is 0.907. The number of methoxy groups -OCH3 is 2. The molecule has 19 heavy (non-hydrogen) atoms. The van der Waals surface area contributed by atoms with Gasteiger partial charge in [-0.05, 0) is 31.7 Å². The number of benzene rings is 1. The third-order valence-electron chi connectivity index (χ3n) is 3.11. The summed E-state index contributed by atoms with van der Waals surface area (Å²) in [4.78, 5) is 12.9. The van der Waals surface area contributed by atoms with E-state index in [9.17, 15) is 4.79 Å². The van der Waals surface area contributed by atoms with Crippen LogP contribution >= 0.6 is 0 Å². The molecule has 1 unspecified atom stereocenters. The predicted octanol–water partition coefficient (Wildman–Crippen LogP) is 2.00. The fourth-order valence-corrected chi connectivity index (χ4v) is 2.06. The Balaban J connectivity index is 2.93. The molecule has 0 aliphatic rings. The maximum atomic E-state index is 11.1. The third kappa shape index (κ3) is 3.86. The molecule has 0 bridgehead atoms. The van der Waals surface area contributed by atoms with Crippen molar-refractivity contribution >= 4 is 5.97 Å². The summed E-state index contributed by atoms with van der Waals surface area (Å²) >= 11 is 0. The number of aliphatic carboxylic acids is 1. The molecule has 1 atom stereocenters. The molecule has 0 aliphatic heterocycles. The summed E-state index contributed by atoms with van der Waals surface area (Å²) in [6.45, 7) is 2.35. The molecule has 1 N–H and O–H groups in total. The molecule has 1 rings (SSSR count). The Morgan fingerprint density at radius 3 is 2.53 bits per heavy atom. The average Bonchev–Trinajstić information content (AvgIpc) is 2.38. The Kier molecular flexibility index (Phi) is 5.63. The summed E-state index contributed by atoms with van der Waals surface area (Å²) in [5.74, 6) is 0.646. The van der Waals surface area contributed by atoms with Gasteiger partial charge in [-0.1, -0.05) is 6.92 Å². The number of nitrogens with zero attached hydrogens (tertiary/aromatic N) is 1. The largest absolute Gasteiger partial charge is 0.497 e.